The van der Waals surface area contributed by atoms with Crippen molar-refractivity contribution in [3.8, 4) is 11.5 Å². The Morgan fingerprint density at radius 2 is 1.76 bits per heavy atom. The number of hydrogen-bond donors (Lipinski definition) is 1. The van der Waals surface area contributed by atoms with Crippen LogP contribution in [0.4, 0.5) is 0 Å². The number of esters is 1. The number of rotatable bonds is 7. The van der Waals surface area contributed by atoms with Gasteiger partial charge in [-0.05, 0) is 18.9 Å². The third-order valence-electron chi connectivity index (χ3n) is 5.72. The summed E-state index contributed by atoms with van der Waals surface area (Å²) in [6.07, 6.45) is 1.50. The molecule has 9 heteroatoms. The van der Waals surface area contributed by atoms with Crippen molar-refractivity contribution in [3.63, 3.8) is 0 Å². The highest BCUT2D eigenvalue weighted by molar-refractivity contribution is 5.91. The summed E-state index contributed by atoms with van der Waals surface area (Å²) >= 11 is 0. The molecule has 1 fully saturated rings. The highest BCUT2D eigenvalue weighted by Gasteiger charge is 2.30. The van der Waals surface area contributed by atoms with Crippen molar-refractivity contribution in [3.05, 3.63) is 64.2 Å². The van der Waals surface area contributed by atoms with Crippen LogP contribution in [0.1, 0.15) is 49.6 Å². The molecular formula is C24H25N3O6. The molecule has 3 aromatic rings. The molecular weight excluding hydrogens is 426 g/mol. The first-order valence-electron chi connectivity index (χ1n) is 10.6. The van der Waals surface area contributed by atoms with Crippen molar-refractivity contribution in [2.45, 2.75) is 38.2 Å². The monoisotopic (exact) mass is 451 g/mol. The molecule has 0 spiro atoms. The zero-order valence-electron chi connectivity index (χ0n) is 18.7. The minimum Gasteiger partial charge on any atom is -0.493 e. The van der Waals surface area contributed by atoms with E-state index in [4.69, 9.17) is 19.2 Å². The van der Waals surface area contributed by atoms with Gasteiger partial charge in [-0.15, -0.1) is 0 Å². The van der Waals surface area contributed by atoms with E-state index >= 15 is 0 Å². The normalized spacial score (nSPS) is 14.3. The van der Waals surface area contributed by atoms with E-state index < -0.39 is 23.5 Å². The topological polar surface area (TPSA) is 109 Å². The zero-order chi connectivity index (χ0) is 23.5. The van der Waals surface area contributed by atoms with Gasteiger partial charge >= 0.3 is 5.97 Å². The summed E-state index contributed by atoms with van der Waals surface area (Å²) in [6, 6.07) is 11.8. The molecule has 0 radical (unpaired) electrons. The Bertz CT molecular complexity index is 1250. The van der Waals surface area contributed by atoms with Gasteiger partial charge in [-0.2, -0.15) is 0 Å². The molecule has 2 aromatic carbocycles. The first kappa shape index (κ1) is 22.3. The van der Waals surface area contributed by atoms with Crippen molar-refractivity contribution < 1.29 is 23.8 Å². The van der Waals surface area contributed by atoms with E-state index in [1.807, 2.05) is 0 Å². The lowest BCUT2D eigenvalue weighted by Crippen LogP contribution is -2.40. The molecule has 1 saturated carbocycles. The molecule has 33 heavy (non-hydrogen) atoms. The number of ether oxygens (including phenoxy) is 3. The molecule has 172 valence electrons. The first-order valence-corrected chi connectivity index (χ1v) is 10.6. The van der Waals surface area contributed by atoms with Crippen LogP contribution >= 0.6 is 0 Å². The lowest BCUT2D eigenvalue weighted by atomic mass is 9.84. The maximum Gasteiger partial charge on any atom is 0.303 e. The third kappa shape index (κ3) is 4.39. The van der Waals surface area contributed by atoms with Gasteiger partial charge in [-0.1, -0.05) is 36.8 Å². The summed E-state index contributed by atoms with van der Waals surface area (Å²) in [4.78, 5) is 43.1. The van der Waals surface area contributed by atoms with E-state index in [-0.39, 0.29) is 11.3 Å². The number of methoxy groups -OCH3 is 2. The number of fused-ring (bicyclic) bond motifs is 1. The number of nitrogens with one attached hydrogen (secondary N) is 1. The SMILES string of the molecule is COc1cc2nc(C3CCC3)n(NC(=O)[C@H](OC(C)=O)c3ccccc3)c(=O)c2cc1OC. The fourth-order valence-electron chi connectivity index (χ4n) is 3.81. The van der Waals surface area contributed by atoms with Crippen molar-refractivity contribution >= 4 is 22.8 Å². The molecule has 1 aromatic heterocycles. The zero-order valence-corrected chi connectivity index (χ0v) is 18.7. The van der Waals surface area contributed by atoms with Gasteiger partial charge in [0.25, 0.3) is 11.5 Å². The second-order valence-corrected chi connectivity index (χ2v) is 7.84. The van der Waals surface area contributed by atoms with Crippen LogP contribution in [0.15, 0.2) is 47.3 Å². The van der Waals surface area contributed by atoms with Gasteiger partial charge in [0.1, 0.15) is 5.82 Å². The number of hydrogen-bond acceptors (Lipinski definition) is 7. The van der Waals surface area contributed by atoms with Crippen molar-refractivity contribution in [2.75, 3.05) is 19.6 Å². The van der Waals surface area contributed by atoms with Gasteiger partial charge in [0.05, 0.1) is 25.1 Å². The number of carbonyl (C=O) groups is 2. The Labute approximate surface area is 190 Å². The Balaban J connectivity index is 1.81. The fourth-order valence-corrected chi connectivity index (χ4v) is 3.81. The second kappa shape index (κ2) is 9.32. The third-order valence-corrected chi connectivity index (χ3v) is 5.72. The number of carbonyl (C=O) groups excluding carboxylic acids is 2. The van der Waals surface area contributed by atoms with Crippen LogP contribution in [0.25, 0.3) is 10.9 Å². The van der Waals surface area contributed by atoms with Crippen LogP contribution in [-0.2, 0) is 14.3 Å². The van der Waals surface area contributed by atoms with E-state index in [9.17, 15) is 14.4 Å². The van der Waals surface area contributed by atoms with E-state index in [1.165, 1.54) is 31.9 Å². The molecule has 4 rings (SSSR count). The van der Waals surface area contributed by atoms with Crippen LogP contribution in [0.3, 0.4) is 0 Å². The average Bonchev–Trinajstić information content (AvgIpc) is 2.78. The summed E-state index contributed by atoms with van der Waals surface area (Å²) in [5.41, 5.74) is 3.13. The Kier molecular flexibility index (Phi) is 6.30. The standard InChI is InChI=1S/C24H25N3O6/c1-14(28)33-21(15-8-5-4-6-9-15)23(29)26-27-22(16-10-7-11-16)25-18-13-20(32-3)19(31-2)12-17(18)24(27)30/h4-6,8-9,12-13,16,21H,7,10-11H2,1-3H3,(H,26,29)/t21-/m1/s1. The smallest absolute Gasteiger partial charge is 0.303 e. The molecule has 0 aliphatic heterocycles. The summed E-state index contributed by atoms with van der Waals surface area (Å²) in [5.74, 6) is 0.0468. The Morgan fingerprint density at radius 1 is 1.09 bits per heavy atom. The predicted molar refractivity (Wildman–Crippen MR) is 121 cm³/mol. The highest BCUT2D eigenvalue weighted by Crippen LogP contribution is 2.36. The molecule has 0 unspecified atom stereocenters. The number of aromatic nitrogens is 2. The number of amides is 1. The molecule has 1 heterocycles. The molecule has 1 aliphatic carbocycles. The average molecular weight is 451 g/mol. The minimum atomic E-state index is -1.22. The molecule has 1 aliphatic rings. The van der Waals surface area contributed by atoms with Crippen LogP contribution in [0.5, 0.6) is 11.5 Å². The molecule has 1 N–H and O–H groups in total. The Hall–Kier alpha value is -3.88. The summed E-state index contributed by atoms with van der Waals surface area (Å²) in [7, 11) is 2.99. The van der Waals surface area contributed by atoms with Crippen molar-refractivity contribution in [1.29, 1.82) is 0 Å². The van der Waals surface area contributed by atoms with Gasteiger partial charge in [0, 0.05) is 24.5 Å². The van der Waals surface area contributed by atoms with Crippen molar-refractivity contribution in [1.82, 2.24) is 9.66 Å². The fraction of sp³-hybridized carbons (Fsp3) is 0.333. The lowest BCUT2D eigenvalue weighted by molar-refractivity contribution is -0.152. The highest BCUT2D eigenvalue weighted by atomic mass is 16.5. The van der Waals surface area contributed by atoms with Gasteiger partial charge in [-0.25, -0.2) is 9.66 Å². The molecule has 0 saturated heterocycles. The van der Waals surface area contributed by atoms with Crippen LogP contribution in [0, 0.1) is 0 Å². The van der Waals surface area contributed by atoms with Crippen LogP contribution < -0.4 is 20.5 Å². The largest absolute Gasteiger partial charge is 0.493 e. The number of nitrogens with zero attached hydrogens (tertiary/aromatic N) is 2. The lowest BCUT2D eigenvalue weighted by Gasteiger charge is -2.28. The first-order chi connectivity index (χ1) is 15.9. The van der Waals surface area contributed by atoms with Gasteiger partial charge in [0.2, 0.25) is 6.10 Å². The second-order valence-electron chi connectivity index (χ2n) is 7.84. The maximum absolute atomic E-state index is 13.5. The molecule has 0 bridgehead atoms. The maximum atomic E-state index is 13.5. The minimum absolute atomic E-state index is 0.0272. The Morgan fingerprint density at radius 3 is 2.33 bits per heavy atom. The van der Waals surface area contributed by atoms with E-state index in [1.54, 1.807) is 36.4 Å². The number of benzene rings is 2. The van der Waals surface area contributed by atoms with E-state index in [2.05, 4.69) is 5.43 Å². The summed E-state index contributed by atoms with van der Waals surface area (Å²) < 4.78 is 17.1. The van der Waals surface area contributed by atoms with Gasteiger partial charge in [-0.3, -0.25) is 19.8 Å². The molecule has 1 amide bonds. The van der Waals surface area contributed by atoms with Crippen molar-refractivity contribution in [2.24, 2.45) is 0 Å². The van der Waals surface area contributed by atoms with Gasteiger partial charge < -0.3 is 14.2 Å². The van der Waals surface area contributed by atoms with E-state index in [0.717, 1.165) is 19.3 Å². The van der Waals surface area contributed by atoms with E-state index in [0.29, 0.717) is 28.4 Å². The van der Waals surface area contributed by atoms with Crippen LogP contribution in [0.2, 0.25) is 0 Å². The summed E-state index contributed by atoms with van der Waals surface area (Å²) in [5, 5.41) is 0.264. The van der Waals surface area contributed by atoms with Crippen LogP contribution in [-0.4, -0.2) is 35.8 Å². The molecule has 1 atom stereocenters. The quantitative estimate of drug-likeness (QED) is 0.550. The molecule has 9 nitrogen and oxygen atoms in total. The van der Waals surface area contributed by atoms with Gasteiger partial charge in [0.15, 0.2) is 11.5 Å². The predicted octanol–water partition coefficient (Wildman–Crippen LogP) is 3.06. The summed E-state index contributed by atoms with van der Waals surface area (Å²) in [6.45, 7) is 1.23.